The molecule has 114 valence electrons. The molecule has 0 aliphatic heterocycles. The number of pyridine rings is 1. The second-order valence-corrected chi connectivity index (χ2v) is 6.38. The lowest BCUT2D eigenvalue weighted by atomic mass is 10.0. The molecular formula is C17H19N3OS. The van der Waals surface area contributed by atoms with Gasteiger partial charge < -0.3 is 0 Å². The molecule has 0 saturated heterocycles. The van der Waals surface area contributed by atoms with E-state index in [4.69, 9.17) is 0 Å². The Bertz CT molecular complexity index is 823. The number of nitrogens with zero attached hydrogens (tertiary/aromatic N) is 3. The Balaban J connectivity index is 2.11. The third-order valence-electron chi connectivity index (χ3n) is 3.92. The number of hydrogen-bond donors (Lipinski definition) is 0. The molecule has 0 saturated carbocycles. The maximum Gasteiger partial charge on any atom is 0.271 e. The zero-order valence-electron chi connectivity index (χ0n) is 12.8. The second kappa shape index (κ2) is 6.40. The van der Waals surface area contributed by atoms with E-state index in [2.05, 4.69) is 16.9 Å². The van der Waals surface area contributed by atoms with E-state index >= 15 is 0 Å². The van der Waals surface area contributed by atoms with E-state index in [9.17, 15) is 4.79 Å². The van der Waals surface area contributed by atoms with E-state index in [0.717, 1.165) is 40.6 Å². The van der Waals surface area contributed by atoms with Crippen molar-refractivity contribution in [1.29, 1.82) is 0 Å². The summed E-state index contributed by atoms with van der Waals surface area (Å²) >= 11 is 1.48. The third-order valence-corrected chi connectivity index (χ3v) is 4.99. The van der Waals surface area contributed by atoms with Gasteiger partial charge in [0, 0.05) is 12.4 Å². The Kier molecular flexibility index (Phi) is 4.34. The molecule has 3 aromatic heterocycles. The lowest BCUT2D eigenvalue weighted by molar-refractivity contribution is 0.498. The van der Waals surface area contributed by atoms with E-state index in [0.29, 0.717) is 0 Å². The molecule has 3 rings (SSSR count). The molecule has 0 N–H and O–H groups in total. The Morgan fingerprint density at radius 3 is 3.00 bits per heavy atom. The Morgan fingerprint density at radius 1 is 1.41 bits per heavy atom. The number of aryl methyl sites for hydroxylation is 1. The molecule has 3 aromatic rings. The highest BCUT2D eigenvalue weighted by molar-refractivity contribution is 7.17. The average Bonchev–Trinajstić information content (AvgIpc) is 2.93. The number of hydrogen-bond acceptors (Lipinski definition) is 4. The van der Waals surface area contributed by atoms with Gasteiger partial charge in [0.2, 0.25) is 0 Å². The minimum Gasteiger partial charge on any atom is -0.290 e. The molecule has 0 bridgehead atoms. The van der Waals surface area contributed by atoms with Gasteiger partial charge in [-0.2, -0.15) is 0 Å². The van der Waals surface area contributed by atoms with Gasteiger partial charge in [0.25, 0.3) is 5.56 Å². The normalized spacial score (nSPS) is 12.6. The monoisotopic (exact) mass is 313 g/mol. The van der Waals surface area contributed by atoms with Gasteiger partial charge in [0.1, 0.15) is 4.70 Å². The number of unbranched alkanes of at least 4 members (excludes halogenated alkanes) is 1. The molecule has 0 fully saturated rings. The average molecular weight is 313 g/mol. The summed E-state index contributed by atoms with van der Waals surface area (Å²) in [6.45, 7) is 4.15. The van der Waals surface area contributed by atoms with E-state index in [1.165, 1.54) is 11.3 Å². The Morgan fingerprint density at radius 2 is 2.27 bits per heavy atom. The predicted octanol–water partition coefficient (Wildman–Crippen LogP) is 3.94. The van der Waals surface area contributed by atoms with Crippen LogP contribution >= 0.6 is 11.3 Å². The topological polar surface area (TPSA) is 47.8 Å². The minimum absolute atomic E-state index is 0.000422. The van der Waals surface area contributed by atoms with E-state index in [1.807, 2.05) is 30.6 Å². The first kappa shape index (κ1) is 14.9. The summed E-state index contributed by atoms with van der Waals surface area (Å²) in [4.78, 5) is 21.5. The zero-order valence-corrected chi connectivity index (χ0v) is 13.6. The summed E-state index contributed by atoms with van der Waals surface area (Å²) in [6.07, 6.45) is 8.37. The first-order chi connectivity index (χ1) is 10.7. The fraction of sp³-hybridized carbons (Fsp3) is 0.353. The largest absolute Gasteiger partial charge is 0.290 e. The van der Waals surface area contributed by atoms with Crippen LogP contribution in [0.3, 0.4) is 0 Å². The summed E-state index contributed by atoms with van der Waals surface area (Å²) < 4.78 is 2.51. The second-order valence-electron chi connectivity index (χ2n) is 5.50. The summed E-state index contributed by atoms with van der Waals surface area (Å²) in [6, 6.07) is 3.95. The van der Waals surface area contributed by atoms with Crippen LogP contribution in [0.2, 0.25) is 0 Å². The lowest BCUT2D eigenvalue weighted by Gasteiger charge is -2.19. The molecule has 5 heteroatoms. The maximum absolute atomic E-state index is 12.8. The van der Waals surface area contributed by atoms with Gasteiger partial charge in [-0.15, -0.1) is 11.3 Å². The van der Waals surface area contributed by atoms with Crippen molar-refractivity contribution in [3.8, 4) is 0 Å². The van der Waals surface area contributed by atoms with Gasteiger partial charge in [-0.3, -0.25) is 14.3 Å². The molecule has 0 radical (unpaired) electrons. The quantitative estimate of drug-likeness (QED) is 0.717. The third kappa shape index (κ3) is 2.68. The molecule has 3 heterocycles. The summed E-state index contributed by atoms with van der Waals surface area (Å²) in [5.41, 5.74) is 3.00. The highest BCUT2D eigenvalue weighted by Crippen LogP contribution is 2.25. The zero-order chi connectivity index (χ0) is 15.5. The summed E-state index contributed by atoms with van der Waals surface area (Å²) in [7, 11) is 0. The number of fused-ring (bicyclic) bond motifs is 1. The first-order valence-corrected chi connectivity index (χ1v) is 8.45. The molecule has 0 spiro atoms. The molecule has 0 aliphatic rings. The molecular weight excluding hydrogens is 294 g/mol. The van der Waals surface area contributed by atoms with Crippen molar-refractivity contribution in [2.24, 2.45) is 0 Å². The maximum atomic E-state index is 12.8. The highest BCUT2D eigenvalue weighted by atomic mass is 32.1. The lowest BCUT2D eigenvalue weighted by Crippen LogP contribution is -2.25. The molecule has 0 unspecified atom stereocenters. The van der Waals surface area contributed by atoms with Gasteiger partial charge >= 0.3 is 0 Å². The van der Waals surface area contributed by atoms with Crippen molar-refractivity contribution >= 4 is 21.6 Å². The van der Waals surface area contributed by atoms with Crippen LogP contribution in [0, 0.1) is 6.92 Å². The van der Waals surface area contributed by atoms with Crippen LogP contribution in [0.1, 0.15) is 43.4 Å². The molecule has 22 heavy (non-hydrogen) atoms. The van der Waals surface area contributed by atoms with Crippen LogP contribution in [0.4, 0.5) is 0 Å². The van der Waals surface area contributed by atoms with E-state index in [1.54, 1.807) is 17.1 Å². The molecule has 4 nitrogen and oxygen atoms in total. The number of thiophene rings is 1. The van der Waals surface area contributed by atoms with Gasteiger partial charge in [0.05, 0.1) is 17.9 Å². The van der Waals surface area contributed by atoms with Gasteiger partial charge in [-0.05, 0) is 35.9 Å². The molecule has 0 aliphatic carbocycles. The fourth-order valence-electron chi connectivity index (χ4n) is 2.70. The molecule has 0 amide bonds. The van der Waals surface area contributed by atoms with E-state index < -0.39 is 0 Å². The Hall–Kier alpha value is -2.01. The smallest absolute Gasteiger partial charge is 0.271 e. The van der Waals surface area contributed by atoms with Crippen LogP contribution in [0.5, 0.6) is 0 Å². The van der Waals surface area contributed by atoms with E-state index in [-0.39, 0.29) is 11.6 Å². The van der Waals surface area contributed by atoms with Gasteiger partial charge in [-0.25, -0.2) is 4.98 Å². The number of aromatic nitrogens is 3. The van der Waals surface area contributed by atoms with Crippen molar-refractivity contribution < 1.29 is 0 Å². The van der Waals surface area contributed by atoms with Crippen LogP contribution in [-0.2, 0) is 0 Å². The fourth-order valence-corrected chi connectivity index (χ4v) is 3.64. The summed E-state index contributed by atoms with van der Waals surface area (Å²) in [5, 5.41) is 1.99. The van der Waals surface area contributed by atoms with Crippen molar-refractivity contribution in [1.82, 2.24) is 14.5 Å². The SMILES string of the molecule is CCCC[C@H](c1cccnc1)n1cnc2c(C)csc2c1=O. The van der Waals surface area contributed by atoms with Crippen LogP contribution in [0.25, 0.3) is 10.2 Å². The first-order valence-electron chi connectivity index (χ1n) is 7.57. The molecule has 0 aromatic carbocycles. The predicted molar refractivity (Wildman–Crippen MR) is 90.5 cm³/mol. The van der Waals surface area contributed by atoms with Gasteiger partial charge in [-0.1, -0.05) is 25.8 Å². The molecule has 1 atom stereocenters. The van der Waals surface area contributed by atoms with Crippen LogP contribution in [0.15, 0.2) is 41.0 Å². The van der Waals surface area contributed by atoms with Crippen LogP contribution in [-0.4, -0.2) is 14.5 Å². The Labute approximate surface area is 133 Å². The summed E-state index contributed by atoms with van der Waals surface area (Å²) in [5.74, 6) is 0. The van der Waals surface area contributed by atoms with Crippen molar-refractivity contribution in [2.75, 3.05) is 0 Å². The van der Waals surface area contributed by atoms with Crippen LogP contribution < -0.4 is 5.56 Å². The van der Waals surface area contributed by atoms with Crippen molar-refractivity contribution in [3.63, 3.8) is 0 Å². The minimum atomic E-state index is 0.000422. The van der Waals surface area contributed by atoms with Crippen molar-refractivity contribution in [2.45, 2.75) is 39.2 Å². The van der Waals surface area contributed by atoms with Gasteiger partial charge in [0.15, 0.2) is 0 Å². The standard InChI is InChI=1S/C17H19N3OS/c1-3-4-7-14(13-6-5-8-18-9-13)20-11-19-15-12(2)10-22-16(15)17(20)21/h5-6,8-11,14H,3-4,7H2,1-2H3/t14-/m1/s1. The number of rotatable bonds is 5. The van der Waals surface area contributed by atoms with Crippen molar-refractivity contribution in [3.05, 3.63) is 57.7 Å². The highest BCUT2D eigenvalue weighted by Gasteiger charge is 2.17.